The predicted octanol–water partition coefficient (Wildman–Crippen LogP) is -1.99. The Morgan fingerprint density at radius 3 is 2.25 bits per heavy atom. The zero-order valence-electron chi connectivity index (χ0n) is 13.0. The molecule has 0 aliphatic carbocycles. The molecule has 5 N–H and O–H groups in total. The lowest BCUT2D eigenvalue weighted by Crippen LogP contribution is -2.49. The highest BCUT2D eigenvalue weighted by molar-refractivity contribution is 7.80. The summed E-state index contributed by atoms with van der Waals surface area (Å²) in [6, 6.07) is -2.81. The topological polar surface area (TPSA) is 162 Å². The molecule has 0 rings (SSSR count). The van der Waals surface area contributed by atoms with Crippen LogP contribution >= 0.6 is 12.6 Å². The Morgan fingerprint density at radius 2 is 1.79 bits per heavy atom. The number of carbonyl (C=O) groups is 5. The molecule has 3 atom stereocenters. The van der Waals surface area contributed by atoms with E-state index in [0.717, 1.165) is 0 Å². The quantitative estimate of drug-likeness (QED) is 0.171. The summed E-state index contributed by atoms with van der Waals surface area (Å²) >= 11 is 3.91. The molecule has 0 aromatic carbocycles. The largest absolute Gasteiger partial charge is 0.480 e. The van der Waals surface area contributed by atoms with Crippen LogP contribution in [0.2, 0.25) is 0 Å². The molecule has 0 spiro atoms. The first-order valence-corrected chi connectivity index (χ1v) is 7.68. The van der Waals surface area contributed by atoms with E-state index in [9.17, 15) is 24.0 Å². The van der Waals surface area contributed by atoms with E-state index in [2.05, 4.69) is 28.6 Å². The first kappa shape index (κ1) is 21.9. The molecule has 0 saturated carbocycles. The van der Waals surface area contributed by atoms with E-state index in [1.165, 1.54) is 6.92 Å². The normalized spacial score (nSPS) is 14.1. The van der Waals surface area contributed by atoms with Crippen molar-refractivity contribution in [1.29, 1.82) is 0 Å². The van der Waals surface area contributed by atoms with Crippen molar-refractivity contribution in [3.63, 3.8) is 0 Å². The van der Waals surface area contributed by atoms with Gasteiger partial charge in [0.05, 0.1) is 6.04 Å². The van der Waals surface area contributed by atoms with Gasteiger partial charge in [-0.1, -0.05) is 0 Å². The van der Waals surface area contributed by atoms with Crippen LogP contribution in [0.4, 0.5) is 0 Å². The average Bonchev–Trinajstić information content (AvgIpc) is 2.53. The molecule has 0 aliphatic rings. The summed E-state index contributed by atoms with van der Waals surface area (Å²) in [4.78, 5) is 55.4. The van der Waals surface area contributed by atoms with Crippen molar-refractivity contribution < 1.29 is 34.2 Å². The van der Waals surface area contributed by atoms with Gasteiger partial charge in [-0.05, 0) is 13.3 Å². The van der Waals surface area contributed by atoms with Gasteiger partial charge in [0, 0.05) is 12.2 Å². The maximum Gasteiger partial charge on any atom is 0.322 e. The molecule has 0 aromatic rings. The van der Waals surface area contributed by atoms with E-state index in [-0.39, 0.29) is 18.6 Å². The smallest absolute Gasteiger partial charge is 0.322 e. The molecule has 0 aliphatic heterocycles. The molecular weight excluding hydrogens is 342 g/mol. The fraction of sp³-hybridized carbons (Fsp3) is 0.615. The van der Waals surface area contributed by atoms with E-state index in [4.69, 9.17) is 10.2 Å². The van der Waals surface area contributed by atoms with Gasteiger partial charge in [-0.15, -0.1) is 0 Å². The number of rotatable bonds is 12. The Hall–Kier alpha value is -2.14. The molecule has 11 heteroatoms. The lowest BCUT2D eigenvalue weighted by Gasteiger charge is -2.18. The van der Waals surface area contributed by atoms with Gasteiger partial charge in [0.25, 0.3) is 0 Å². The van der Waals surface area contributed by atoms with Crippen LogP contribution in [0.5, 0.6) is 0 Å². The van der Waals surface area contributed by atoms with E-state index >= 15 is 0 Å². The highest BCUT2D eigenvalue weighted by atomic mass is 32.1. The van der Waals surface area contributed by atoms with Crippen LogP contribution in [0.1, 0.15) is 19.8 Å². The summed E-state index contributed by atoms with van der Waals surface area (Å²) in [5.41, 5.74) is 0. The molecule has 24 heavy (non-hydrogen) atoms. The lowest BCUT2D eigenvalue weighted by molar-refractivity contribution is -0.140. The summed E-state index contributed by atoms with van der Waals surface area (Å²) in [5.74, 6) is -3.79. The van der Waals surface area contributed by atoms with Gasteiger partial charge in [0.15, 0.2) is 0 Å². The minimum absolute atomic E-state index is 0.0556. The monoisotopic (exact) mass is 363 g/mol. The van der Waals surface area contributed by atoms with Crippen LogP contribution in [0, 0.1) is 0 Å². The molecule has 0 bridgehead atoms. The van der Waals surface area contributed by atoms with Gasteiger partial charge in [-0.2, -0.15) is 12.6 Å². The second kappa shape index (κ2) is 11.4. The van der Waals surface area contributed by atoms with Crippen molar-refractivity contribution in [1.82, 2.24) is 16.0 Å². The van der Waals surface area contributed by atoms with Crippen LogP contribution < -0.4 is 16.0 Å². The summed E-state index contributed by atoms with van der Waals surface area (Å²) < 4.78 is 0. The molecule has 2 amide bonds. The Kier molecular flexibility index (Phi) is 10.4. The zero-order chi connectivity index (χ0) is 18.7. The van der Waals surface area contributed by atoms with E-state index in [0.29, 0.717) is 6.29 Å². The van der Waals surface area contributed by atoms with Gasteiger partial charge >= 0.3 is 11.9 Å². The Bertz CT molecular complexity index is 486. The number of hydrogen-bond acceptors (Lipinski definition) is 7. The molecule has 0 fully saturated rings. The molecule has 0 heterocycles. The van der Waals surface area contributed by atoms with Crippen molar-refractivity contribution in [2.24, 2.45) is 0 Å². The molecule has 0 aromatic heterocycles. The fourth-order valence-electron chi connectivity index (χ4n) is 1.66. The highest BCUT2D eigenvalue weighted by Gasteiger charge is 2.23. The van der Waals surface area contributed by atoms with Crippen LogP contribution in [-0.4, -0.2) is 70.7 Å². The summed E-state index contributed by atoms with van der Waals surface area (Å²) in [5, 5.41) is 24.5. The number of carboxylic acids is 2. The van der Waals surface area contributed by atoms with Crippen molar-refractivity contribution in [2.45, 2.75) is 37.9 Å². The maximum absolute atomic E-state index is 11.8. The number of carboxylic acid groups (broad SMARTS) is 2. The second-order valence-corrected chi connectivity index (χ2v) is 5.30. The van der Waals surface area contributed by atoms with Crippen LogP contribution in [0.25, 0.3) is 0 Å². The number of thiol groups is 1. The van der Waals surface area contributed by atoms with Crippen LogP contribution in [0.3, 0.4) is 0 Å². The number of aliphatic carboxylic acids is 2. The molecule has 0 radical (unpaired) electrons. The highest BCUT2D eigenvalue weighted by Crippen LogP contribution is 2.01. The fourth-order valence-corrected chi connectivity index (χ4v) is 1.91. The predicted molar refractivity (Wildman–Crippen MR) is 85.7 cm³/mol. The standard InChI is InChI=1S/C13H21N3O7S/c1-7(5-17)15-8(13(22)23)2-3-10(18)16-9(6-24)12(21)14-4-11(19)20/h5,7-9,15,24H,2-4,6H2,1H3,(H,14,21)(H,16,18)(H,19,20)(H,22,23)/t7?,8-,9-/m0/s1. The number of carbonyl (C=O) groups excluding carboxylic acids is 3. The second-order valence-electron chi connectivity index (χ2n) is 4.94. The third-order valence-electron chi connectivity index (χ3n) is 2.87. The zero-order valence-corrected chi connectivity index (χ0v) is 13.9. The number of hydrogen-bond donors (Lipinski definition) is 6. The van der Waals surface area contributed by atoms with E-state index in [1.807, 2.05) is 0 Å². The average molecular weight is 363 g/mol. The van der Waals surface area contributed by atoms with Gasteiger partial charge < -0.3 is 25.6 Å². The minimum Gasteiger partial charge on any atom is -0.480 e. The Balaban J connectivity index is 4.46. The molecule has 136 valence electrons. The first-order valence-electron chi connectivity index (χ1n) is 7.05. The van der Waals surface area contributed by atoms with E-state index in [1.54, 1.807) is 0 Å². The Morgan fingerprint density at radius 1 is 1.17 bits per heavy atom. The van der Waals surface area contributed by atoms with Gasteiger partial charge in [0.2, 0.25) is 11.8 Å². The molecule has 10 nitrogen and oxygen atoms in total. The minimum atomic E-state index is -1.23. The van der Waals surface area contributed by atoms with Crippen LogP contribution in [-0.2, 0) is 24.0 Å². The van der Waals surface area contributed by atoms with Crippen LogP contribution in [0.15, 0.2) is 0 Å². The van der Waals surface area contributed by atoms with Gasteiger partial charge in [-0.25, -0.2) is 0 Å². The third-order valence-corrected chi connectivity index (χ3v) is 3.24. The SMILES string of the molecule is CC(C=O)N[C@@H](CCC(=O)N[C@@H](CS)C(=O)NCC(=O)O)C(=O)O. The van der Waals surface area contributed by atoms with Gasteiger partial charge in [0.1, 0.15) is 24.9 Å². The number of amides is 2. The Labute approximate surface area is 143 Å². The number of nitrogens with one attached hydrogen (secondary N) is 3. The maximum atomic E-state index is 11.8. The lowest BCUT2D eigenvalue weighted by atomic mass is 10.1. The van der Waals surface area contributed by atoms with E-state index < -0.39 is 48.4 Å². The van der Waals surface area contributed by atoms with Crippen molar-refractivity contribution in [3.8, 4) is 0 Å². The number of aldehydes is 1. The third kappa shape index (κ3) is 9.10. The first-order chi connectivity index (χ1) is 11.2. The van der Waals surface area contributed by atoms with Gasteiger partial charge in [-0.3, -0.25) is 24.5 Å². The molecular formula is C13H21N3O7S. The van der Waals surface area contributed by atoms with Crippen molar-refractivity contribution >= 4 is 42.7 Å². The summed E-state index contributed by atoms with van der Waals surface area (Å²) in [6.45, 7) is 0.889. The van der Waals surface area contributed by atoms with Crippen molar-refractivity contribution in [3.05, 3.63) is 0 Å². The summed E-state index contributed by atoms with van der Waals surface area (Å²) in [6.07, 6.45) is 0.251. The molecule has 0 saturated heterocycles. The van der Waals surface area contributed by atoms with Crippen molar-refractivity contribution in [2.75, 3.05) is 12.3 Å². The molecule has 1 unspecified atom stereocenters. The summed E-state index contributed by atoms with van der Waals surface area (Å²) in [7, 11) is 0.